The molecule has 0 atom stereocenters. The number of ether oxygens (including phenoxy) is 2. The second-order valence-electron chi connectivity index (χ2n) is 8.84. The minimum atomic E-state index is -4.77. The van der Waals surface area contributed by atoms with Gasteiger partial charge in [0.1, 0.15) is 12.4 Å². The first kappa shape index (κ1) is 25.6. The van der Waals surface area contributed by atoms with Crippen LogP contribution in [0, 0.1) is 0 Å². The highest BCUT2D eigenvalue weighted by Gasteiger charge is 2.52. The van der Waals surface area contributed by atoms with E-state index in [0.29, 0.717) is 11.0 Å². The Morgan fingerprint density at radius 3 is 2.15 bits per heavy atom. The summed E-state index contributed by atoms with van der Waals surface area (Å²) >= 11 is 0. The molecule has 1 heterocycles. The molecule has 3 rings (SSSR count). The molecule has 182 valence electrons. The Morgan fingerprint density at radius 2 is 1.59 bits per heavy atom. The quantitative estimate of drug-likeness (QED) is 0.532. The second-order valence-corrected chi connectivity index (χ2v) is 8.84. The molecule has 0 saturated carbocycles. The van der Waals surface area contributed by atoms with Crippen LogP contribution in [0.15, 0.2) is 60.1 Å². The molecule has 1 N–H and O–H groups in total. The maximum absolute atomic E-state index is 12.4. The number of rotatable bonds is 7. The summed E-state index contributed by atoms with van der Waals surface area (Å²) in [4.78, 5) is 12.3. The third-order valence-electron chi connectivity index (χ3n) is 5.67. The molecular weight excluding hydrogens is 450 g/mol. The van der Waals surface area contributed by atoms with Gasteiger partial charge in [0.25, 0.3) is 0 Å². The standard InChI is InChI=1S/C24H27BF3NO5/c1-22(2)23(3,4)34-25(33-22)19(14-17-10-12-20(13-11-17)32-24(26,27)28)15-29-21(30)31-16-18-8-6-5-7-9-18/h5-14H,15-16H2,1-4H3,(H,29,30). The largest absolute Gasteiger partial charge is 0.573 e. The lowest BCUT2D eigenvalue weighted by Gasteiger charge is -2.32. The molecule has 34 heavy (non-hydrogen) atoms. The van der Waals surface area contributed by atoms with Gasteiger partial charge in [-0.3, -0.25) is 0 Å². The lowest BCUT2D eigenvalue weighted by atomic mass is 9.77. The van der Waals surface area contributed by atoms with Crippen molar-refractivity contribution >= 4 is 19.3 Å². The Kier molecular flexibility index (Phi) is 7.62. The number of carbonyl (C=O) groups excluding carboxylic acids is 1. The van der Waals surface area contributed by atoms with E-state index in [1.54, 1.807) is 6.08 Å². The number of hydrogen-bond acceptors (Lipinski definition) is 5. The highest BCUT2D eigenvalue weighted by molar-refractivity contribution is 6.56. The number of alkyl halides is 3. The topological polar surface area (TPSA) is 66.0 Å². The molecule has 2 aromatic rings. The number of alkyl carbamates (subject to hydrolysis) is 1. The van der Waals surface area contributed by atoms with E-state index in [4.69, 9.17) is 14.0 Å². The van der Waals surface area contributed by atoms with E-state index < -0.39 is 30.8 Å². The smallest absolute Gasteiger partial charge is 0.445 e. The van der Waals surface area contributed by atoms with Crippen molar-refractivity contribution in [1.82, 2.24) is 5.32 Å². The molecule has 1 aliphatic heterocycles. The van der Waals surface area contributed by atoms with Gasteiger partial charge < -0.3 is 24.1 Å². The van der Waals surface area contributed by atoms with Crippen LogP contribution in [-0.4, -0.2) is 37.3 Å². The van der Waals surface area contributed by atoms with Gasteiger partial charge in [-0.1, -0.05) is 48.5 Å². The van der Waals surface area contributed by atoms with Crippen molar-refractivity contribution < 1.29 is 36.7 Å². The van der Waals surface area contributed by atoms with Crippen molar-refractivity contribution in [3.05, 3.63) is 71.2 Å². The average Bonchev–Trinajstić information content (AvgIpc) is 2.97. The van der Waals surface area contributed by atoms with E-state index in [-0.39, 0.29) is 18.9 Å². The number of carbonyl (C=O) groups is 1. The summed E-state index contributed by atoms with van der Waals surface area (Å²) in [5.41, 5.74) is 0.767. The first-order valence-corrected chi connectivity index (χ1v) is 10.7. The molecule has 10 heteroatoms. The molecule has 0 bridgehead atoms. The van der Waals surface area contributed by atoms with E-state index in [2.05, 4.69) is 10.1 Å². The second kappa shape index (κ2) is 10.1. The molecule has 1 saturated heterocycles. The van der Waals surface area contributed by atoms with Crippen molar-refractivity contribution in [2.24, 2.45) is 0 Å². The van der Waals surface area contributed by atoms with Gasteiger partial charge in [0.2, 0.25) is 0 Å². The minimum Gasteiger partial charge on any atom is -0.445 e. The van der Waals surface area contributed by atoms with Crippen LogP contribution in [0.25, 0.3) is 6.08 Å². The Labute approximate surface area is 197 Å². The van der Waals surface area contributed by atoms with Gasteiger partial charge in [0, 0.05) is 6.54 Å². The lowest BCUT2D eigenvalue weighted by Crippen LogP contribution is -2.41. The summed E-state index contributed by atoms with van der Waals surface area (Å²) in [6.07, 6.45) is -3.70. The molecule has 0 spiro atoms. The van der Waals surface area contributed by atoms with Gasteiger partial charge in [-0.05, 0) is 56.4 Å². The van der Waals surface area contributed by atoms with E-state index >= 15 is 0 Å². The Morgan fingerprint density at radius 1 is 1.00 bits per heavy atom. The highest BCUT2D eigenvalue weighted by atomic mass is 19.4. The number of nitrogens with one attached hydrogen (secondary N) is 1. The fourth-order valence-corrected chi connectivity index (χ4v) is 3.13. The number of benzene rings is 2. The molecule has 1 fully saturated rings. The fraction of sp³-hybridized carbons (Fsp3) is 0.375. The Hall–Kier alpha value is -2.98. The van der Waals surface area contributed by atoms with Crippen LogP contribution in [0.4, 0.5) is 18.0 Å². The maximum Gasteiger partial charge on any atom is 0.573 e. The van der Waals surface area contributed by atoms with Gasteiger partial charge in [-0.15, -0.1) is 13.2 Å². The summed E-state index contributed by atoms with van der Waals surface area (Å²) < 4.78 is 58.6. The molecule has 0 aromatic heterocycles. The highest BCUT2D eigenvalue weighted by Crippen LogP contribution is 2.38. The van der Waals surface area contributed by atoms with E-state index in [1.807, 2.05) is 58.0 Å². The summed E-state index contributed by atoms with van der Waals surface area (Å²) in [6, 6.07) is 14.6. The zero-order chi connectivity index (χ0) is 25.0. The first-order chi connectivity index (χ1) is 15.8. The van der Waals surface area contributed by atoms with Crippen LogP contribution < -0.4 is 10.1 Å². The predicted molar refractivity (Wildman–Crippen MR) is 122 cm³/mol. The zero-order valence-corrected chi connectivity index (χ0v) is 19.4. The average molecular weight is 477 g/mol. The zero-order valence-electron chi connectivity index (χ0n) is 19.4. The molecule has 1 aliphatic rings. The number of halogens is 3. The van der Waals surface area contributed by atoms with Gasteiger partial charge in [0.05, 0.1) is 11.2 Å². The molecule has 0 unspecified atom stereocenters. The first-order valence-electron chi connectivity index (χ1n) is 10.7. The minimum absolute atomic E-state index is 0.0469. The summed E-state index contributed by atoms with van der Waals surface area (Å²) in [7, 11) is -0.773. The van der Waals surface area contributed by atoms with Crippen molar-refractivity contribution in [1.29, 1.82) is 0 Å². The third kappa shape index (κ3) is 7.01. The van der Waals surface area contributed by atoms with Crippen molar-refractivity contribution in [2.45, 2.75) is 51.9 Å². The van der Waals surface area contributed by atoms with Crippen LogP contribution in [-0.2, 0) is 20.7 Å². The molecular formula is C24H27BF3NO5. The van der Waals surface area contributed by atoms with E-state index in [1.165, 1.54) is 24.3 Å². The van der Waals surface area contributed by atoms with E-state index in [9.17, 15) is 18.0 Å². The van der Waals surface area contributed by atoms with Crippen LogP contribution in [0.5, 0.6) is 5.75 Å². The van der Waals surface area contributed by atoms with Gasteiger partial charge in [-0.25, -0.2) is 4.79 Å². The van der Waals surface area contributed by atoms with Crippen LogP contribution in [0.3, 0.4) is 0 Å². The molecule has 1 amide bonds. The van der Waals surface area contributed by atoms with Crippen molar-refractivity contribution in [3.8, 4) is 5.75 Å². The van der Waals surface area contributed by atoms with Crippen LogP contribution >= 0.6 is 0 Å². The van der Waals surface area contributed by atoms with Gasteiger partial charge in [0.15, 0.2) is 0 Å². The molecule has 0 radical (unpaired) electrons. The van der Waals surface area contributed by atoms with Crippen molar-refractivity contribution in [2.75, 3.05) is 6.54 Å². The van der Waals surface area contributed by atoms with Crippen molar-refractivity contribution in [3.63, 3.8) is 0 Å². The number of hydrogen-bond donors (Lipinski definition) is 1. The summed E-state index contributed by atoms with van der Waals surface area (Å²) in [5.74, 6) is -0.329. The summed E-state index contributed by atoms with van der Waals surface area (Å²) in [6.45, 7) is 7.75. The third-order valence-corrected chi connectivity index (χ3v) is 5.67. The van der Waals surface area contributed by atoms with Gasteiger partial charge >= 0.3 is 19.6 Å². The van der Waals surface area contributed by atoms with Crippen LogP contribution in [0.2, 0.25) is 0 Å². The fourth-order valence-electron chi connectivity index (χ4n) is 3.13. The lowest BCUT2D eigenvalue weighted by molar-refractivity contribution is -0.274. The normalized spacial score (nSPS) is 17.4. The van der Waals surface area contributed by atoms with E-state index in [0.717, 1.165) is 5.56 Å². The SMILES string of the molecule is CC1(C)OB(C(=Cc2ccc(OC(F)(F)F)cc2)CNC(=O)OCc2ccccc2)OC1(C)C. The Balaban J connectivity index is 1.73. The molecule has 2 aromatic carbocycles. The van der Waals surface area contributed by atoms with Crippen LogP contribution in [0.1, 0.15) is 38.8 Å². The number of amides is 1. The maximum atomic E-state index is 12.4. The van der Waals surface area contributed by atoms with Gasteiger partial charge in [-0.2, -0.15) is 0 Å². The molecule has 0 aliphatic carbocycles. The molecule has 6 nitrogen and oxygen atoms in total. The Bertz CT molecular complexity index is 992. The summed E-state index contributed by atoms with van der Waals surface area (Å²) in [5, 5.41) is 2.68. The predicted octanol–water partition coefficient (Wildman–Crippen LogP) is 5.53. The monoisotopic (exact) mass is 477 g/mol.